The van der Waals surface area contributed by atoms with Crippen LogP contribution in [0.1, 0.15) is 63.0 Å². The van der Waals surface area contributed by atoms with E-state index in [0.717, 1.165) is 19.3 Å². The minimum atomic E-state index is -0.257. The third kappa shape index (κ3) is 2.32. The maximum Gasteiger partial charge on any atom is 0.308 e. The lowest BCUT2D eigenvalue weighted by Crippen LogP contribution is -2.43. The topological polar surface area (TPSA) is 46.5 Å². The van der Waals surface area contributed by atoms with Gasteiger partial charge in [0, 0.05) is 6.92 Å². The molecule has 3 nitrogen and oxygen atoms in total. The quantitative estimate of drug-likeness (QED) is 0.633. The summed E-state index contributed by atoms with van der Waals surface area (Å²) in [6.45, 7) is 3.76. The highest BCUT2D eigenvalue weighted by molar-refractivity contribution is 5.69. The fourth-order valence-electron chi connectivity index (χ4n) is 5.76. The summed E-state index contributed by atoms with van der Waals surface area (Å²) in [6.07, 6.45) is 6.62. The predicted molar refractivity (Wildman–Crippen MR) is 88.4 cm³/mol. The molecule has 3 aliphatic rings. The van der Waals surface area contributed by atoms with Crippen LogP contribution in [-0.2, 0) is 11.2 Å². The molecular weight excluding hydrogens is 288 g/mol. The highest BCUT2D eigenvalue weighted by Crippen LogP contribution is 2.60. The summed E-state index contributed by atoms with van der Waals surface area (Å²) in [5.74, 6) is 2.41. The molecule has 0 amide bonds. The summed E-state index contributed by atoms with van der Waals surface area (Å²) in [6, 6.07) is 6.18. The minimum absolute atomic E-state index is 0.110. The number of esters is 1. The molecule has 3 heteroatoms. The Bertz CT molecular complexity index is 638. The first-order valence-corrected chi connectivity index (χ1v) is 8.98. The van der Waals surface area contributed by atoms with Crippen molar-refractivity contribution in [2.45, 2.75) is 64.4 Å². The van der Waals surface area contributed by atoms with Crippen LogP contribution in [0, 0.1) is 17.3 Å². The Morgan fingerprint density at radius 3 is 2.87 bits per heavy atom. The van der Waals surface area contributed by atoms with Crippen LogP contribution in [0.4, 0.5) is 0 Å². The Morgan fingerprint density at radius 1 is 1.26 bits per heavy atom. The smallest absolute Gasteiger partial charge is 0.308 e. The molecule has 0 aromatic heterocycles. The number of hydrogen-bond acceptors (Lipinski definition) is 3. The third-order valence-corrected chi connectivity index (χ3v) is 6.91. The van der Waals surface area contributed by atoms with Crippen LogP contribution in [0.25, 0.3) is 0 Å². The van der Waals surface area contributed by atoms with Gasteiger partial charge in [0.05, 0.1) is 6.10 Å². The van der Waals surface area contributed by atoms with Crippen molar-refractivity contribution >= 4 is 5.97 Å². The molecule has 0 aliphatic heterocycles. The highest BCUT2D eigenvalue weighted by Gasteiger charge is 2.54. The zero-order valence-corrected chi connectivity index (χ0v) is 14.0. The summed E-state index contributed by atoms with van der Waals surface area (Å²) in [4.78, 5) is 11.2. The molecule has 124 valence electrons. The lowest BCUT2D eigenvalue weighted by atomic mass is 9.55. The van der Waals surface area contributed by atoms with Gasteiger partial charge in [0.15, 0.2) is 0 Å². The van der Waals surface area contributed by atoms with Gasteiger partial charge in [-0.25, -0.2) is 0 Å². The normalized spacial score (nSPS) is 38.4. The van der Waals surface area contributed by atoms with Crippen molar-refractivity contribution in [3.63, 3.8) is 0 Å². The zero-order valence-electron chi connectivity index (χ0n) is 14.0. The number of carbonyl (C=O) groups is 1. The largest absolute Gasteiger partial charge is 0.427 e. The Labute approximate surface area is 138 Å². The zero-order chi connectivity index (χ0) is 16.2. The lowest BCUT2D eigenvalue weighted by molar-refractivity contribution is -0.131. The van der Waals surface area contributed by atoms with E-state index in [2.05, 4.69) is 19.1 Å². The van der Waals surface area contributed by atoms with E-state index in [0.29, 0.717) is 23.5 Å². The number of aryl methyl sites for hydroxylation is 1. The van der Waals surface area contributed by atoms with Crippen molar-refractivity contribution in [2.75, 3.05) is 0 Å². The van der Waals surface area contributed by atoms with Gasteiger partial charge in [0.25, 0.3) is 0 Å². The summed E-state index contributed by atoms with van der Waals surface area (Å²) in [5, 5.41) is 10.4. The van der Waals surface area contributed by atoms with E-state index in [1.54, 1.807) is 0 Å². The van der Waals surface area contributed by atoms with Crippen LogP contribution in [0.15, 0.2) is 18.2 Å². The third-order valence-electron chi connectivity index (χ3n) is 6.91. The van der Waals surface area contributed by atoms with Gasteiger partial charge >= 0.3 is 5.97 Å². The van der Waals surface area contributed by atoms with Gasteiger partial charge in [-0.05, 0) is 85.0 Å². The monoisotopic (exact) mass is 314 g/mol. The number of hydrogen-bond donors (Lipinski definition) is 1. The van der Waals surface area contributed by atoms with E-state index in [9.17, 15) is 9.90 Å². The van der Waals surface area contributed by atoms with E-state index in [-0.39, 0.29) is 17.5 Å². The second-order valence-corrected chi connectivity index (χ2v) is 8.01. The first-order valence-electron chi connectivity index (χ1n) is 8.98. The average molecular weight is 314 g/mol. The number of benzene rings is 1. The van der Waals surface area contributed by atoms with E-state index < -0.39 is 0 Å². The van der Waals surface area contributed by atoms with Crippen molar-refractivity contribution in [2.24, 2.45) is 17.3 Å². The van der Waals surface area contributed by atoms with Crippen LogP contribution < -0.4 is 4.74 Å². The molecule has 2 saturated carbocycles. The Morgan fingerprint density at radius 2 is 2.09 bits per heavy atom. The number of rotatable bonds is 1. The molecule has 4 unspecified atom stereocenters. The number of aliphatic hydroxyl groups is 1. The van der Waals surface area contributed by atoms with E-state index in [1.165, 1.54) is 37.3 Å². The fourth-order valence-corrected chi connectivity index (χ4v) is 5.76. The molecule has 0 heterocycles. The van der Waals surface area contributed by atoms with Crippen LogP contribution in [-0.4, -0.2) is 17.2 Å². The average Bonchev–Trinajstić information content (AvgIpc) is 2.82. The highest BCUT2D eigenvalue weighted by atomic mass is 16.5. The summed E-state index contributed by atoms with van der Waals surface area (Å²) < 4.78 is 5.24. The van der Waals surface area contributed by atoms with Gasteiger partial charge in [-0.1, -0.05) is 13.0 Å². The van der Waals surface area contributed by atoms with Gasteiger partial charge in [-0.2, -0.15) is 0 Å². The van der Waals surface area contributed by atoms with E-state index in [1.807, 2.05) is 6.07 Å². The van der Waals surface area contributed by atoms with Gasteiger partial charge in [-0.3, -0.25) is 4.79 Å². The molecule has 1 aromatic rings. The molecule has 4 rings (SSSR count). The first kappa shape index (κ1) is 15.2. The van der Waals surface area contributed by atoms with Crippen LogP contribution in [0.3, 0.4) is 0 Å². The summed E-state index contributed by atoms with van der Waals surface area (Å²) >= 11 is 0. The van der Waals surface area contributed by atoms with Gasteiger partial charge < -0.3 is 9.84 Å². The molecule has 3 aliphatic carbocycles. The molecule has 0 radical (unpaired) electrons. The number of carbonyl (C=O) groups excluding carboxylic acids is 1. The molecule has 1 N–H and O–H groups in total. The fraction of sp³-hybridized carbons (Fsp3) is 0.650. The van der Waals surface area contributed by atoms with Gasteiger partial charge in [-0.15, -0.1) is 0 Å². The van der Waals surface area contributed by atoms with Crippen LogP contribution in [0.2, 0.25) is 0 Å². The molecule has 0 bridgehead atoms. The SMILES string of the molecule is CC(=O)Oc1ccc2c(c1)CCC1C2CC[C@]2(C)C(O)CCC12. The Balaban J connectivity index is 1.63. The number of aliphatic hydroxyl groups excluding tert-OH is 1. The first-order chi connectivity index (χ1) is 11.0. The Hall–Kier alpha value is -1.35. The maximum atomic E-state index is 11.2. The van der Waals surface area contributed by atoms with E-state index >= 15 is 0 Å². The van der Waals surface area contributed by atoms with Crippen molar-refractivity contribution in [3.8, 4) is 5.75 Å². The van der Waals surface area contributed by atoms with Crippen molar-refractivity contribution in [3.05, 3.63) is 29.3 Å². The molecule has 1 aromatic carbocycles. The van der Waals surface area contributed by atoms with Crippen molar-refractivity contribution in [1.82, 2.24) is 0 Å². The standard InChI is InChI=1S/C20H26O3/c1-12(21)23-14-4-6-15-13(11-14)3-5-17-16(15)9-10-20(2)18(17)7-8-19(20)22/h4,6,11,16-19,22H,3,5,7-10H2,1-2H3/t16?,17?,18?,19?,20-/m0/s1. The second-order valence-electron chi connectivity index (χ2n) is 8.01. The lowest BCUT2D eigenvalue weighted by Gasteiger charge is -2.50. The van der Waals surface area contributed by atoms with Crippen molar-refractivity contribution < 1.29 is 14.6 Å². The number of ether oxygens (including phenoxy) is 1. The van der Waals surface area contributed by atoms with Gasteiger partial charge in [0.2, 0.25) is 0 Å². The maximum absolute atomic E-state index is 11.2. The molecule has 0 saturated heterocycles. The minimum Gasteiger partial charge on any atom is -0.427 e. The molecule has 5 atom stereocenters. The van der Waals surface area contributed by atoms with Crippen LogP contribution in [0.5, 0.6) is 5.75 Å². The second kappa shape index (κ2) is 5.34. The Kier molecular flexibility index (Phi) is 3.53. The van der Waals surface area contributed by atoms with Crippen molar-refractivity contribution in [1.29, 1.82) is 0 Å². The predicted octanol–water partition coefficient (Wildman–Crippen LogP) is 3.83. The number of fused-ring (bicyclic) bond motifs is 5. The molecule has 0 spiro atoms. The van der Waals surface area contributed by atoms with Crippen LogP contribution >= 0.6 is 0 Å². The molecule has 23 heavy (non-hydrogen) atoms. The van der Waals surface area contributed by atoms with Gasteiger partial charge in [0.1, 0.15) is 5.75 Å². The molecule has 2 fully saturated rings. The molecular formula is C20H26O3. The summed E-state index contributed by atoms with van der Waals surface area (Å²) in [7, 11) is 0. The summed E-state index contributed by atoms with van der Waals surface area (Å²) in [5.41, 5.74) is 2.95. The van der Waals surface area contributed by atoms with E-state index in [4.69, 9.17) is 4.74 Å².